The van der Waals surface area contributed by atoms with E-state index in [2.05, 4.69) is 5.32 Å². The van der Waals surface area contributed by atoms with Crippen LogP contribution >= 0.6 is 11.6 Å². The van der Waals surface area contributed by atoms with Gasteiger partial charge in [0, 0.05) is 17.6 Å². The molecule has 3 aromatic rings. The summed E-state index contributed by atoms with van der Waals surface area (Å²) in [6.07, 6.45) is 1.89. The number of hydrogen-bond acceptors (Lipinski definition) is 4. The molecule has 0 aliphatic heterocycles. The van der Waals surface area contributed by atoms with Gasteiger partial charge in [-0.2, -0.15) is 0 Å². The number of amides is 2. The fraction of sp³-hybridized carbons (Fsp3) is 0.355. The highest BCUT2D eigenvalue weighted by molar-refractivity contribution is 7.92. The quantitative estimate of drug-likeness (QED) is 0.275. The third-order valence-electron chi connectivity index (χ3n) is 6.90. The van der Waals surface area contributed by atoms with Gasteiger partial charge < -0.3 is 10.2 Å². The third-order valence-corrected chi connectivity index (χ3v) is 8.94. The summed E-state index contributed by atoms with van der Waals surface area (Å²) in [7, 11) is -4.09. The van der Waals surface area contributed by atoms with E-state index in [0.717, 1.165) is 28.3 Å². The second kappa shape index (κ2) is 14.3. The lowest BCUT2D eigenvalue weighted by Crippen LogP contribution is -2.53. The first-order chi connectivity index (χ1) is 19.1. The molecule has 0 unspecified atom stereocenters. The van der Waals surface area contributed by atoms with Crippen molar-refractivity contribution >= 4 is 39.1 Å². The molecule has 0 bridgehead atoms. The molecular formula is C31H38ClN3O4S. The van der Waals surface area contributed by atoms with Crippen molar-refractivity contribution in [2.45, 2.75) is 70.5 Å². The number of benzene rings is 3. The Morgan fingerprint density at radius 2 is 1.45 bits per heavy atom. The van der Waals surface area contributed by atoms with Crippen molar-refractivity contribution in [3.05, 3.63) is 95.0 Å². The standard InChI is InChI=1S/C31H38ClN3O4S/c1-5-23(4)33-31(37)29(7-3)34(21-25-13-17-26(32)18-14-25)30(36)22-35(27-19-15-24(6-2)16-20-27)40(38,39)28-11-9-8-10-12-28/h8-20,23,29H,5-7,21-22H2,1-4H3,(H,33,37)/t23-,29+/m1/s1. The molecule has 0 spiro atoms. The normalized spacial score (nSPS) is 12.8. The molecule has 3 rings (SSSR count). The van der Waals surface area contributed by atoms with Crippen molar-refractivity contribution in [3.63, 3.8) is 0 Å². The summed E-state index contributed by atoms with van der Waals surface area (Å²) in [6.45, 7) is 7.38. The Balaban J connectivity index is 2.04. The van der Waals surface area contributed by atoms with Crippen LogP contribution in [0, 0.1) is 0 Å². The van der Waals surface area contributed by atoms with Crippen molar-refractivity contribution in [3.8, 4) is 0 Å². The highest BCUT2D eigenvalue weighted by Gasteiger charge is 2.33. The van der Waals surface area contributed by atoms with Gasteiger partial charge >= 0.3 is 0 Å². The number of halogens is 1. The van der Waals surface area contributed by atoms with Gasteiger partial charge in [-0.25, -0.2) is 8.42 Å². The summed E-state index contributed by atoms with van der Waals surface area (Å²) in [5.41, 5.74) is 2.19. The Hall–Kier alpha value is -3.36. The van der Waals surface area contributed by atoms with Gasteiger partial charge in [-0.15, -0.1) is 0 Å². The number of nitrogens with one attached hydrogen (secondary N) is 1. The van der Waals surface area contributed by atoms with Crippen LogP contribution in [-0.4, -0.2) is 43.8 Å². The largest absolute Gasteiger partial charge is 0.352 e. The Morgan fingerprint density at radius 1 is 0.850 bits per heavy atom. The fourth-order valence-corrected chi connectivity index (χ4v) is 5.85. The second-order valence-corrected chi connectivity index (χ2v) is 12.0. The highest BCUT2D eigenvalue weighted by Crippen LogP contribution is 2.25. The first-order valence-corrected chi connectivity index (χ1v) is 15.4. The Kier molecular flexibility index (Phi) is 11.2. The number of anilines is 1. The van der Waals surface area contributed by atoms with Crippen molar-refractivity contribution in [1.29, 1.82) is 0 Å². The number of carbonyl (C=O) groups is 2. The predicted octanol–water partition coefficient (Wildman–Crippen LogP) is 5.82. The number of carbonyl (C=O) groups excluding carboxylic acids is 2. The van der Waals surface area contributed by atoms with Crippen LogP contribution in [0.5, 0.6) is 0 Å². The van der Waals surface area contributed by atoms with Crippen molar-refractivity contribution < 1.29 is 18.0 Å². The van der Waals surface area contributed by atoms with Crippen LogP contribution in [0.3, 0.4) is 0 Å². The average molecular weight is 584 g/mol. The Labute approximate surface area is 243 Å². The number of rotatable bonds is 13. The van der Waals surface area contributed by atoms with Gasteiger partial charge in [0.25, 0.3) is 10.0 Å². The van der Waals surface area contributed by atoms with Gasteiger partial charge in [0.2, 0.25) is 11.8 Å². The first kappa shape index (κ1) is 31.2. The molecule has 0 heterocycles. The van der Waals surface area contributed by atoms with Crippen LogP contribution in [-0.2, 0) is 32.6 Å². The van der Waals surface area contributed by atoms with Gasteiger partial charge in [0.05, 0.1) is 10.6 Å². The zero-order chi connectivity index (χ0) is 29.3. The van der Waals surface area contributed by atoms with Crippen LogP contribution < -0.4 is 9.62 Å². The second-order valence-electron chi connectivity index (χ2n) is 9.73. The molecule has 0 saturated heterocycles. The van der Waals surface area contributed by atoms with Gasteiger partial charge in [-0.05, 0) is 73.7 Å². The van der Waals surface area contributed by atoms with Crippen molar-refractivity contribution in [1.82, 2.24) is 10.2 Å². The molecular weight excluding hydrogens is 546 g/mol. The predicted molar refractivity (Wildman–Crippen MR) is 161 cm³/mol. The molecule has 0 fully saturated rings. The zero-order valence-corrected chi connectivity index (χ0v) is 25.1. The van der Waals surface area contributed by atoms with E-state index in [-0.39, 0.29) is 23.4 Å². The van der Waals surface area contributed by atoms with Crippen LogP contribution in [0.15, 0.2) is 83.8 Å². The molecule has 0 radical (unpaired) electrons. The van der Waals surface area contributed by atoms with Gasteiger partial charge in [-0.3, -0.25) is 13.9 Å². The molecule has 3 aromatic carbocycles. The molecule has 0 aliphatic rings. The van der Waals surface area contributed by atoms with Crippen molar-refractivity contribution in [2.75, 3.05) is 10.8 Å². The fourth-order valence-electron chi connectivity index (χ4n) is 4.29. The summed E-state index contributed by atoms with van der Waals surface area (Å²) in [6, 6.07) is 21.4. The summed E-state index contributed by atoms with van der Waals surface area (Å²) in [4.78, 5) is 28.9. The Morgan fingerprint density at radius 3 is 2.00 bits per heavy atom. The minimum Gasteiger partial charge on any atom is -0.352 e. The SMILES string of the molecule is CCc1ccc(N(CC(=O)N(Cc2ccc(Cl)cc2)[C@@H](CC)C(=O)N[C@H](C)CC)S(=O)(=O)c2ccccc2)cc1. The molecule has 0 saturated carbocycles. The van der Waals surface area contributed by atoms with Gasteiger partial charge in [0.1, 0.15) is 12.6 Å². The molecule has 214 valence electrons. The molecule has 9 heteroatoms. The van der Waals surface area contributed by atoms with Crippen LogP contribution in [0.2, 0.25) is 5.02 Å². The van der Waals surface area contributed by atoms with Gasteiger partial charge in [-0.1, -0.05) is 74.8 Å². The lowest BCUT2D eigenvalue weighted by Gasteiger charge is -2.33. The van der Waals surface area contributed by atoms with Crippen molar-refractivity contribution in [2.24, 2.45) is 0 Å². The molecule has 0 aliphatic carbocycles. The van der Waals surface area contributed by atoms with E-state index in [1.54, 1.807) is 54.6 Å². The zero-order valence-electron chi connectivity index (χ0n) is 23.5. The maximum atomic E-state index is 14.1. The van der Waals surface area contributed by atoms with E-state index in [1.165, 1.54) is 17.0 Å². The Bertz CT molecular complexity index is 1360. The molecule has 40 heavy (non-hydrogen) atoms. The van der Waals surface area contributed by atoms with Gasteiger partial charge in [0.15, 0.2) is 0 Å². The number of hydrogen-bond donors (Lipinski definition) is 1. The summed E-state index contributed by atoms with van der Waals surface area (Å²) in [5, 5.41) is 3.53. The number of aryl methyl sites for hydroxylation is 1. The van der Waals surface area contributed by atoms with E-state index in [9.17, 15) is 18.0 Å². The van der Waals surface area contributed by atoms with Crippen LogP contribution in [0.4, 0.5) is 5.69 Å². The third kappa shape index (κ3) is 7.86. The topological polar surface area (TPSA) is 86.8 Å². The lowest BCUT2D eigenvalue weighted by molar-refractivity contribution is -0.140. The maximum Gasteiger partial charge on any atom is 0.264 e. The maximum absolute atomic E-state index is 14.1. The van der Waals surface area contributed by atoms with E-state index < -0.39 is 28.5 Å². The highest BCUT2D eigenvalue weighted by atomic mass is 35.5. The van der Waals surface area contributed by atoms with Crippen LogP contribution in [0.1, 0.15) is 51.7 Å². The smallest absolute Gasteiger partial charge is 0.264 e. The number of nitrogens with zero attached hydrogens (tertiary/aromatic N) is 2. The lowest BCUT2D eigenvalue weighted by atomic mass is 10.1. The molecule has 1 N–H and O–H groups in total. The van der Waals surface area contributed by atoms with E-state index in [0.29, 0.717) is 17.1 Å². The summed E-state index contributed by atoms with van der Waals surface area (Å²) >= 11 is 6.07. The molecule has 2 atom stereocenters. The minimum absolute atomic E-state index is 0.0685. The average Bonchev–Trinajstić information content (AvgIpc) is 2.97. The molecule has 7 nitrogen and oxygen atoms in total. The van der Waals surface area contributed by atoms with E-state index in [4.69, 9.17) is 11.6 Å². The van der Waals surface area contributed by atoms with E-state index in [1.807, 2.05) is 39.8 Å². The summed E-state index contributed by atoms with van der Waals surface area (Å²) in [5.74, 6) is -0.760. The first-order valence-electron chi connectivity index (χ1n) is 13.6. The number of sulfonamides is 1. The van der Waals surface area contributed by atoms with Crippen LogP contribution in [0.25, 0.3) is 0 Å². The minimum atomic E-state index is -4.09. The molecule has 2 amide bonds. The summed E-state index contributed by atoms with van der Waals surface area (Å²) < 4.78 is 28.8. The monoisotopic (exact) mass is 583 g/mol. The van der Waals surface area contributed by atoms with E-state index >= 15 is 0 Å². The molecule has 0 aromatic heterocycles.